The molecule has 1 heterocycles. The molecule has 1 aliphatic rings. The zero-order valence-corrected chi connectivity index (χ0v) is 12.3. The van der Waals surface area contributed by atoms with Crippen molar-refractivity contribution in [3.05, 3.63) is 29.3 Å². The molecule has 0 saturated carbocycles. The fourth-order valence-electron chi connectivity index (χ4n) is 2.67. The van der Waals surface area contributed by atoms with Gasteiger partial charge in [-0.25, -0.2) is 0 Å². The monoisotopic (exact) mass is 290 g/mol. The van der Waals surface area contributed by atoms with Crippen LogP contribution in [0.1, 0.15) is 30.4 Å². The number of rotatable bonds is 5. The lowest BCUT2D eigenvalue weighted by atomic mass is 9.95. The summed E-state index contributed by atoms with van der Waals surface area (Å²) in [6, 6.07) is 5.70. The van der Waals surface area contributed by atoms with Crippen LogP contribution in [0.15, 0.2) is 18.2 Å². The van der Waals surface area contributed by atoms with E-state index >= 15 is 0 Å². The molecule has 0 bridgehead atoms. The van der Waals surface area contributed by atoms with Gasteiger partial charge in [-0.15, -0.1) is 0 Å². The number of carboxylic acid groups (broad SMARTS) is 1. The van der Waals surface area contributed by atoms with Gasteiger partial charge in [0.25, 0.3) is 0 Å². The molecule has 1 N–H and O–H groups in total. The lowest BCUT2D eigenvalue weighted by Crippen LogP contribution is -2.38. The smallest absolute Gasteiger partial charge is 0.230 e. The van der Waals surface area contributed by atoms with Gasteiger partial charge in [0, 0.05) is 24.7 Å². The average Bonchev–Trinajstić information content (AvgIpc) is 2.92. The maximum atomic E-state index is 12.4. The standard InChI is InChI=1S/C16H21NO4/c1-10-5-6-13(11(2)8-10)17-16(20)12(9-15(18)19)14-4-3-7-21-14/h5-6,8,12,14H,3-4,7,9H2,1-2H3,(H,17,20)(H,18,19)/p-1/t12-,14+/m0/s1. The minimum absolute atomic E-state index is 0.318. The number of hydrogen-bond acceptors (Lipinski definition) is 4. The van der Waals surface area contributed by atoms with Crippen molar-refractivity contribution in [2.75, 3.05) is 11.9 Å². The SMILES string of the molecule is Cc1ccc(NC(=O)[C@@H](CC(=O)[O-])[C@H]2CCCO2)c(C)c1. The summed E-state index contributed by atoms with van der Waals surface area (Å²) in [5, 5.41) is 13.7. The van der Waals surface area contributed by atoms with Gasteiger partial charge in [-0.3, -0.25) is 4.79 Å². The number of hydrogen-bond donors (Lipinski definition) is 1. The fourth-order valence-corrected chi connectivity index (χ4v) is 2.67. The highest BCUT2D eigenvalue weighted by molar-refractivity contribution is 5.95. The van der Waals surface area contributed by atoms with E-state index in [9.17, 15) is 14.7 Å². The van der Waals surface area contributed by atoms with Gasteiger partial charge in [-0.05, 0) is 38.3 Å². The van der Waals surface area contributed by atoms with E-state index in [1.807, 2.05) is 32.0 Å². The van der Waals surface area contributed by atoms with Crippen molar-refractivity contribution in [2.24, 2.45) is 5.92 Å². The number of anilines is 1. The largest absolute Gasteiger partial charge is 0.550 e. The molecular weight excluding hydrogens is 270 g/mol. The third kappa shape index (κ3) is 4.04. The van der Waals surface area contributed by atoms with Crippen LogP contribution in [0.4, 0.5) is 5.69 Å². The van der Waals surface area contributed by atoms with Gasteiger partial charge < -0.3 is 20.0 Å². The van der Waals surface area contributed by atoms with E-state index in [0.717, 1.165) is 17.5 Å². The van der Waals surface area contributed by atoms with Gasteiger partial charge in [0.05, 0.1) is 12.0 Å². The summed E-state index contributed by atoms with van der Waals surface area (Å²) >= 11 is 0. The number of benzene rings is 1. The lowest BCUT2D eigenvalue weighted by Gasteiger charge is -2.23. The average molecular weight is 290 g/mol. The highest BCUT2D eigenvalue weighted by Gasteiger charge is 2.32. The van der Waals surface area contributed by atoms with Crippen molar-refractivity contribution in [3.8, 4) is 0 Å². The Balaban J connectivity index is 2.11. The van der Waals surface area contributed by atoms with Crippen LogP contribution < -0.4 is 10.4 Å². The number of carboxylic acids is 1. The molecule has 0 aliphatic carbocycles. The third-order valence-electron chi connectivity index (χ3n) is 3.78. The second kappa shape index (κ2) is 6.72. The molecule has 1 aromatic carbocycles. The van der Waals surface area contributed by atoms with Crippen LogP contribution in [0.2, 0.25) is 0 Å². The molecule has 2 atom stereocenters. The molecular formula is C16H20NO4-. The number of ether oxygens (including phenoxy) is 1. The zero-order valence-electron chi connectivity index (χ0n) is 12.3. The van der Waals surface area contributed by atoms with Crippen molar-refractivity contribution in [2.45, 2.75) is 39.2 Å². The predicted octanol–water partition coefficient (Wildman–Crippen LogP) is 1.18. The minimum atomic E-state index is -1.23. The van der Waals surface area contributed by atoms with Crippen molar-refractivity contribution >= 4 is 17.6 Å². The summed E-state index contributed by atoms with van der Waals surface area (Å²) in [6.07, 6.45) is 0.902. The summed E-state index contributed by atoms with van der Waals surface area (Å²) in [5.41, 5.74) is 2.76. The first kappa shape index (κ1) is 15.5. The lowest BCUT2D eigenvalue weighted by molar-refractivity contribution is -0.307. The van der Waals surface area contributed by atoms with Crippen molar-refractivity contribution in [1.82, 2.24) is 0 Å². The van der Waals surface area contributed by atoms with E-state index in [2.05, 4.69) is 5.32 Å². The van der Waals surface area contributed by atoms with Crippen LogP contribution in [0.5, 0.6) is 0 Å². The Morgan fingerprint density at radius 3 is 2.76 bits per heavy atom. The van der Waals surface area contributed by atoms with Crippen molar-refractivity contribution < 1.29 is 19.4 Å². The first-order valence-corrected chi connectivity index (χ1v) is 7.17. The van der Waals surface area contributed by atoms with Crippen LogP contribution >= 0.6 is 0 Å². The Labute approximate surface area is 124 Å². The molecule has 1 aliphatic heterocycles. The molecule has 1 saturated heterocycles. The molecule has 5 heteroatoms. The highest BCUT2D eigenvalue weighted by Crippen LogP contribution is 2.25. The van der Waals surface area contributed by atoms with E-state index in [-0.39, 0.29) is 18.4 Å². The topological polar surface area (TPSA) is 78.5 Å². The summed E-state index contributed by atoms with van der Waals surface area (Å²) in [5.74, 6) is -2.26. The molecule has 1 fully saturated rings. The fraction of sp³-hybridized carbons (Fsp3) is 0.500. The number of amides is 1. The molecule has 114 valence electrons. The minimum Gasteiger partial charge on any atom is -0.550 e. The molecule has 0 unspecified atom stereocenters. The van der Waals surface area contributed by atoms with E-state index in [1.165, 1.54) is 0 Å². The molecule has 0 spiro atoms. The predicted molar refractivity (Wildman–Crippen MR) is 76.6 cm³/mol. The van der Waals surface area contributed by atoms with Crippen LogP contribution in [-0.2, 0) is 14.3 Å². The number of aryl methyl sites for hydroxylation is 2. The van der Waals surface area contributed by atoms with Gasteiger partial charge in [0.2, 0.25) is 5.91 Å². The Hall–Kier alpha value is -1.88. The van der Waals surface area contributed by atoms with Crippen molar-refractivity contribution in [3.63, 3.8) is 0 Å². The van der Waals surface area contributed by atoms with E-state index in [4.69, 9.17) is 4.74 Å². The van der Waals surface area contributed by atoms with E-state index in [0.29, 0.717) is 18.7 Å². The summed E-state index contributed by atoms with van der Waals surface area (Å²) in [7, 11) is 0. The first-order chi connectivity index (χ1) is 9.97. The Morgan fingerprint density at radius 1 is 1.43 bits per heavy atom. The quantitative estimate of drug-likeness (QED) is 0.883. The summed E-state index contributed by atoms with van der Waals surface area (Å²) in [6.45, 7) is 4.46. The summed E-state index contributed by atoms with van der Waals surface area (Å²) < 4.78 is 5.47. The number of nitrogens with one attached hydrogen (secondary N) is 1. The van der Waals surface area contributed by atoms with Crippen LogP contribution in [0, 0.1) is 19.8 Å². The Bertz CT molecular complexity index is 535. The second-order valence-electron chi connectivity index (χ2n) is 5.54. The molecule has 1 amide bonds. The molecule has 0 radical (unpaired) electrons. The van der Waals surface area contributed by atoms with Gasteiger partial charge in [-0.1, -0.05) is 17.7 Å². The molecule has 2 rings (SSSR count). The number of aliphatic carboxylic acids is 1. The zero-order chi connectivity index (χ0) is 15.4. The van der Waals surface area contributed by atoms with Crippen LogP contribution in [-0.4, -0.2) is 24.6 Å². The Morgan fingerprint density at radius 2 is 2.19 bits per heavy atom. The molecule has 5 nitrogen and oxygen atoms in total. The summed E-state index contributed by atoms with van der Waals surface area (Å²) in [4.78, 5) is 23.3. The number of carbonyl (C=O) groups is 2. The molecule has 1 aromatic rings. The van der Waals surface area contributed by atoms with Crippen LogP contribution in [0.25, 0.3) is 0 Å². The molecule has 21 heavy (non-hydrogen) atoms. The first-order valence-electron chi connectivity index (χ1n) is 7.17. The van der Waals surface area contributed by atoms with E-state index in [1.54, 1.807) is 0 Å². The Kier molecular flexibility index (Phi) is 4.96. The van der Waals surface area contributed by atoms with Crippen molar-refractivity contribution in [1.29, 1.82) is 0 Å². The van der Waals surface area contributed by atoms with Gasteiger partial charge in [0.15, 0.2) is 0 Å². The normalized spacial score (nSPS) is 19.2. The maximum absolute atomic E-state index is 12.4. The third-order valence-corrected chi connectivity index (χ3v) is 3.78. The second-order valence-corrected chi connectivity index (χ2v) is 5.54. The highest BCUT2D eigenvalue weighted by atomic mass is 16.5. The van der Waals surface area contributed by atoms with Crippen LogP contribution in [0.3, 0.4) is 0 Å². The van der Waals surface area contributed by atoms with Gasteiger partial charge in [0.1, 0.15) is 0 Å². The van der Waals surface area contributed by atoms with Gasteiger partial charge in [-0.2, -0.15) is 0 Å². The van der Waals surface area contributed by atoms with E-state index < -0.39 is 11.9 Å². The van der Waals surface area contributed by atoms with Gasteiger partial charge >= 0.3 is 0 Å². The maximum Gasteiger partial charge on any atom is 0.230 e. The molecule has 0 aromatic heterocycles. The number of carbonyl (C=O) groups excluding carboxylic acids is 2.